The Morgan fingerprint density at radius 2 is 1.82 bits per heavy atom. The number of anilines is 1. The molecule has 0 bridgehead atoms. The fourth-order valence-corrected chi connectivity index (χ4v) is 7.00. The van der Waals surface area contributed by atoms with E-state index in [-0.39, 0.29) is 38.8 Å². The highest BCUT2D eigenvalue weighted by Gasteiger charge is 2.24. The maximum Gasteiger partial charge on any atom is 0.223 e. The number of nitrogens with one attached hydrogen (secondary N) is 1. The third-order valence-electron chi connectivity index (χ3n) is 7.33. The van der Waals surface area contributed by atoms with E-state index in [1.165, 1.54) is 25.3 Å². The molecule has 0 atom stereocenters. The zero-order chi connectivity index (χ0) is 28.4. The van der Waals surface area contributed by atoms with Gasteiger partial charge in [0.05, 0.1) is 28.5 Å². The number of aromatic nitrogens is 3. The van der Waals surface area contributed by atoms with E-state index >= 15 is 4.39 Å². The summed E-state index contributed by atoms with van der Waals surface area (Å²) in [4.78, 5) is 15.6. The third kappa shape index (κ3) is 6.04. The molecule has 1 N–H and O–H groups in total. The summed E-state index contributed by atoms with van der Waals surface area (Å²) >= 11 is 6.10. The van der Waals surface area contributed by atoms with Crippen molar-refractivity contribution in [1.82, 2.24) is 19.9 Å². The highest BCUT2D eigenvalue weighted by atomic mass is 35.5. The van der Waals surface area contributed by atoms with Gasteiger partial charge in [-0.25, -0.2) is 27.8 Å². The minimum atomic E-state index is -3.74. The lowest BCUT2D eigenvalue weighted by molar-refractivity contribution is 0.221. The Kier molecular flexibility index (Phi) is 8.21. The molecule has 4 aromatic rings. The minimum Gasteiger partial charge on any atom is -0.481 e. The molecule has 1 fully saturated rings. The summed E-state index contributed by atoms with van der Waals surface area (Å²) in [5.41, 5.74) is 1.53. The van der Waals surface area contributed by atoms with Crippen molar-refractivity contribution in [3.05, 3.63) is 71.3 Å². The molecular weight excluding hydrogens is 553 g/mol. The van der Waals surface area contributed by atoms with E-state index < -0.39 is 15.7 Å². The van der Waals surface area contributed by atoms with Gasteiger partial charge in [0.1, 0.15) is 11.3 Å². The van der Waals surface area contributed by atoms with Crippen LogP contribution in [-0.2, 0) is 15.6 Å². The molecule has 2 aromatic carbocycles. The minimum absolute atomic E-state index is 0.0354. The Bertz CT molecular complexity index is 1640. The zero-order valence-electron chi connectivity index (χ0n) is 22.6. The van der Waals surface area contributed by atoms with E-state index in [9.17, 15) is 8.42 Å². The smallest absolute Gasteiger partial charge is 0.223 e. The van der Waals surface area contributed by atoms with Crippen molar-refractivity contribution in [3.8, 4) is 17.0 Å². The van der Waals surface area contributed by atoms with Gasteiger partial charge in [-0.05, 0) is 81.7 Å². The molecular formula is C29H31ClFN5O3S. The van der Waals surface area contributed by atoms with E-state index in [4.69, 9.17) is 16.3 Å². The lowest BCUT2D eigenvalue weighted by atomic mass is 9.91. The Hall–Kier alpha value is -3.34. The predicted octanol–water partition coefficient (Wildman–Crippen LogP) is 5.75. The highest BCUT2D eigenvalue weighted by molar-refractivity contribution is 7.90. The number of rotatable bonds is 8. The number of ether oxygens (including phenoxy) is 1. The molecule has 0 amide bonds. The van der Waals surface area contributed by atoms with Gasteiger partial charge in [-0.3, -0.25) is 0 Å². The molecule has 0 spiro atoms. The number of halogens is 2. The fourth-order valence-electron chi connectivity index (χ4n) is 5.15. The lowest BCUT2D eigenvalue weighted by Crippen LogP contribution is -2.36. The average Bonchev–Trinajstić information content (AvgIpc) is 2.93. The molecule has 8 nitrogen and oxygen atoms in total. The summed E-state index contributed by atoms with van der Waals surface area (Å²) < 4.78 is 46.6. The monoisotopic (exact) mass is 583 g/mol. The van der Waals surface area contributed by atoms with Gasteiger partial charge in [0.2, 0.25) is 11.8 Å². The molecule has 0 saturated heterocycles. The van der Waals surface area contributed by atoms with Gasteiger partial charge in [-0.1, -0.05) is 23.7 Å². The Labute approximate surface area is 238 Å². The number of nitrogens with zero attached hydrogens (tertiary/aromatic N) is 4. The predicted molar refractivity (Wildman–Crippen MR) is 155 cm³/mol. The van der Waals surface area contributed by atoms with E-state index in [0.717, 1.165) is 25.7 Å². The van der Waals surface area contributed by atoms with Crippen molar-refractivity contribution < 1.29 is 17.5 Å². The molecule has 11 heteroatoms. The number of pyridine rings is 1. The van der Waals surface area contributed by atoms with Crippen molar-refractivity contribution in [2.45, 2.75) is 48.4 Å². The van der Waals surface area contributed by atoms with Gasteiger partial charge in [-0.2, -0.15) is 0 Å². The quantitative estimate of drug-likeness (QED) is 0.280. The maximum atomic E-state index is 15.3. The van der Waals surface area contributed by atoms with Crippen LogP contribution in [0.1, 0.15) is 31.4 Å². The maximum absolute atomic E-state index is 15.3. The molecule has 1 saturated carbocycles. The normalized spacial score (nSPS) is 17.8. The van der Waals surface area contributed by atoms with Gasteiger partial charge in [0.25, 0.3) is 0 Å². The van der Waals surface area contributed by atoms with E-state index in [1.54, 1.807) is 36.5 Å². The molecule has 2 heterocycles. The van der Waals surface area contributed by atoms with Crippen LogP contribution in [0.15, 0.2) is 59.6 Å². The largest absolute Gasteiger partial charge is 0.481 e. The average molecular weight is 584 g/mol. The van der Waals surface area contributed by atoms with Crippen LogP contribution in [-0.4, -0.2) is 61.6 Å². The SMILES string of the molecule is COc1nc(CS(=O)(=O)c2ccccc2Cl)ccc1-c1cc(F)c2nc(NC3CCC(N(C)C)CC3)ncc2c1. The first kappa shape index (κ1) is 28.2. The molecule has 1 aliphatic rings. The second-order valence-electron chi connectivity index (χ2n) is 10.3. The summed E-state index contributed by atoms with van der Waals surface area (Å²) in [6.45, 7) is 0. The number of methoxy groups -OCH3 is 1. The number of fused-ring (bicyclic) bond motifs is 1. The summed E-state index contributed by atoms with van der Waals surface area (Å²) in [6, 6.07) is 13.5. The lowest BCUT2D eigenvalue weighted by Gasteiger charge is -2.32. The first-order chi connectivity index (χ1) is 19.1. The summed E-state index contributed by atoms with van der Waals surface area (Å²) in [5.74, 6) is -0.268. The number of benzene rings is 2. The van der Waals surface area contributed by atoms with Crippen LogP contribution in [0, 0.1) is 5.82 Å². The van der Waals surface area contributed by atoms with Gasteiger partial charge >= 0.3 is 0 Å². The first-order valence-corrected chi connectivity index (χ1v) is 15.1. The fraction of sp³-hybridized carbons (Fsp3) is 0.345. The molecule has 0 radical (unpaired) electrons. The Morgan fingerprint density at radius 1 is 1.07 bits per heavy atom. The van der Waals surface area contributed by atoms with E-state index in [1.807, 2.05) is 0 Å². The summed E-state index contributed by atoms with van der Waals surface area (Å²) in [7, 11) is 1.91. The Balaban J connectivity index is 1.37. The second-order valence-corrected chi connectivity index (χ2v) is 12.6. The van der Waals surface area contributed by atoms with Crippen molar-refractivity contribution >= 4 is 38.3 Å². The van der Waals surface area contributed by atoms with E-state index in [2.05, 4.69) is 39.3 Å². The number of hydrogen-bond acceptors (Lipinski definition) is 8. The van der Waals surface area contributed by atoms with Crippen LogP contribution in [0.5, 0.6) is 5.88 Å². The van der Waals surface area contributed by atoms with Gasteiger partial charge in [0.15, 0.2) is 9.84 Å². The van der Waals surface area contributed by atoms with Crippen LogP contribution >= 0.6 is 11.6 Å². The van der Waals surface area contributed by atoms with Crippen LogP contribution in [0.3, 0.4) is 0 Å². The van der Waals surface area contributed by atoms with Crippen LogP contribution in [0.4, 0.5) is 10.3 Å². The molecule has 5 rings (SSSR count). The summed E-state index contributed by atoms with van der Waals surface area (Å²) in [5, 5.41) is 4.05. The van der Waals surface area contributed by atoms with Crippen molar-refractivity contribution in [1.29, 1.82) is 0 Å². The molecule has 1 aliphatic carbocycles. The molecule has 210 valence electrons. The second kappa shape index (κ2) is 11.6. The zero-order valence-corrected chi connectivity index (χ0v) is 24.1. The topological polar surface area (TPSA) is 97.3 Å². The molecule has 0 unspecified atom stereocenters. The first-order valence-electron chi connectivity index (χ1n) is 13.1. The van der Waals surface area contributed by atoms with Crippen molar-refractivity contribution in [2.24, 2.45) is 0 Å². The third-order valence-corrected chi connectivity index (χ3v) is 9.47. The van der Waals surface area contributed by atoms with E-state index in [0.29, 0.717) is 28.5 Å². The number of hydrogen-bond donors (Lipinski definition) is 1. The molecule has 2 aromatic heterocycles. The van der Waals surface area contributed by atoms with Crippen molar-refractivity contribution in [3.63, 3.8) is 0 Å². The summed E-state index contributed by atoms with van der Waals surface area (Å²) in [6.07, 6.45) is 5.81. The van der Waals surface area contributed by atoms with Crippen molar-refractivity contribution in [2.75, 3.05) is 26.5 Å². The Morgan fingerprint density at radius 3 is 2.52 bits per heavy atom. The van der Waals surface area contributed by atoms with Gasteiger partial charge in [-0.15, -0.1) is 0 Å². The van der Waals surface area contributed by atoms with Crippen LogP contribution < -0.4 is 10.1 Å². The number of sulfone groups is 1. The molecule has 40 heavy (non-hydrogen) atoms. The van der Waals surface area contributed by atoms with Gasteiger partial charge in [0, 0.05) is 29.2 Å². The van der Waals surface area contributed by atoms with Crippen LogP contribution in [0.2, 0.25) is 5.02 Å². The highest BCUT2D eigenvalue weighted by Crippen LogP contribution is 2.33. The molecule has 0 aliphatic heterocycles. The van der Waals surface area contributed by atoms with Gasteiger partial charge < -0.3 is 15.0 Å². The standard InChI is InChI=1S/C29H31ClFN5O3S/c1-36(2)22-11-8-20(9-12-22)34-29-32-16-19-14-18(15-25(31)27(19)35-29)23-13-10-21(33-28(23)39-3)17-40(37,38)26-7-5-4-6-24(26)30/h4-7,10,13-16,20,22H,8-9,11-12,17H2,1-3H3,(H,32,34,35). The van der Waals surface area contributed by atoms with Crippen LogP contribution in [0.25, 0.3) is 22.0 Å².